The molecule has 0 saturated carbocycles. The van der Waals surface area contributed by atoms with E-state index in [4.69, 9.17) is 0 Å². The highest BCUT2D eigenvalue weighted by Gasteiger charge is 2.31. The number of fused-ring (bicyclic) bond motifs is 1. The van der Waals surface area contributed by atoms with E-state index in [1.165, 1.54) is 0 Å². The molecule has 132 valence electrons. The Kier molecular flexibility index (Phi) is 4.65. The fourth-order valence-electron chi connectivity index (χ4n) is 3.61. The fraction of sp³-hybridized carbons (Fsp3) is 0.722. The summed E-state index contributed by atoms with van der Waals surface area (Å²) in [5, 5.41) is 7.35. The van der Waals surface area contributed by atoms with Gasteiger partial charge in [-0.05, 0) is 32.1 Å². The maximum absolute atomic E-state index is 12.9. The van der Waals surface area contributed by atoms with Gasteiger partial charge in [-0.25, -0.2) is 0 Å². The van der Waals surface area contributed by atoms with Crippen molar-refractivity contribution in [3.05, 3.63) is 17.0 Å². The molecule has 0 aromatic carbocycles. The Morgan fingerprint density at radius 2 is 1.62 bits per heavy atom. The predicted octanol–water partition coefficient (Wildman–Crippen LogP) is 2.01. The first-order chi connectivity index (χ1) is 11.4. The molecule has 0 spiro atoms. The van der Waals surface area contributed by atoms with Crippen LogP contribution in [0, 0.1) is 5.41 Å². The minimum Gasteiger partial charge on any atom is -0.340 e. The number of aromatic nitrogens is 2. The molecule has 1 saturated heterocycles. The van der Waals surface area contributed by atoms with Crippen molar-refractivity contribution < 1.29 is 9.59 Å². The number of rotatable bonds is 1. The van der Waals surface area contributed by atoms with Crippen molar-refractivity contribution >= 4 is 11.8 Å². The molecule has 2 heterocycles. The second-order valence-corrected chi connectivity index (χ2v) is 7.92. The van der Waals surface area contributed by atoms with E-state index in [0.717, 1.165) is 49.9 Å². The summed E-state index contributed by atoms with van der Waals surface area (Å²) in [6, 6.07) is 0. The van der Waals surface area contributed by atoms with Gasteiger partial charge in [0.05, 0.1) is 0 Å². The van der Waals surface area contributed by atoms with Crippen LogP contribution in [-0.4, -0.2) is 58.0 Å². The van der Waals surface area contributed by atoms with Crippen molar-refractivity contribution in [2.75, 3.05) is 26.2 Å². The number of H-pyrrole nitrogens is 1. The summed E-state index contributed by atoms with van der Waals surface area (Å²) < 4.78 is 0. The first-order valence-corrected chi connectivity index (χ1v) is 9.02. The molecule has 6 nitrogen and oxygen atoms in total. The van der Waals surface area contributed by atoms with Gasteiger partial charge in [0, 0.05) is 42.9 Å². The molecule has 1 aromatic rings. The van der Waals surface area contributed by atoms with Crippen LogP contribution in [0.5, 0.6) is 0 Å². The third kappa shape index (κ3) is 3.32. The van der Waals surface area contributed by atoms with Gasteiger partial charge in [0.1, 0.15) is 0 Å². The Labute approximate surface area is 143 Å². The lowest BCUT2D eigenvalue weighted by atomic mass is 9.94. The molecule has 0 radical (unpaired) electrons. The molecule has 3 rings (SSSR count). The summed E-state index contributed by atoms with van der Waals surface area (Å²) in [7, 11) is 0. The monoisotopic (exact) mass is 332 g/mol. The lowest BCUT2D eigenvalue weighted by molar-refractivity contribution is -0.139. The number of hydrogen-bond acceptors (Lipinski definition) is 3. The van der Waals surface area contributed by atoms with E-state index in [9.17, 15) is 9.59 Å². The summed E-state index contributed by atoms with van der Waals surface area (Å²) in [6.45, 7) is 8.43. The van der Waals surface area contributed by atoms with Crippen LogP contribution in [0.1, 0.15) is 61.8 Å². The molecule has 1 aliphatic heterocycles. The highest BCUT2D eigenvalue weighted by atomic mass is 16.2. The van der Waals surface area contributed by atoms with E-state index in [2.05, 4.69) is 10.2 Å². The Hall–Kier alpha value is -1.85. The highest BCUT2D eigenvalue weighted by molar-refractivity contribution is 5.94. The summed E-state index contributed by atoms with van der Waals surface area (Å²) in [6.07, 6.45) is 5.04. The third-order valence-electron chi connectivity index (χ3n) is 4.97. The molecular weight excluding hydrogens is 304 g/mol. The average Bonchev–Trinajstić information content (AvgIpc) is 2.82. The van der Waals surface area contributed by atoms with E-state index < -0.39 is 0 Å². The van der Waals surface area contributed by atoms with Crippen molar-refractivity contribution in [1.29, 1.82) is 0 Å². The Morgan fingerprint density at radius 3 is 2.38 bits per heavy atom. The van der Waals surface area contributed by atoms with Crippen LogP contribution < -0.4 is 0 Å². The number of amides is 2. The number of nitrogens with zero attached hydrogens (tertiary/aromatic N) is 3. The SMILES string of the molecule is CC(C)(C)C(=O)N1CCCN(C(=O)c2n[nH]c3c2CCCC3)CC1. The van der Waals surface area contributed by atoms with Crippen molar-refractivity contribution in [2.24, 2.45) is 5.41 Å². The van der Waals surface area contributed by atoms with E-state index >= 15 is 0 Å². The minimum absolute atomic E-state index is 0.0134. The normalized spacial score (nSPS) is 19.0. The van der Waals surface area contributed by atoms with Gasteiger partial charge < -0.3 is 9.80 Å². The van der Waals surface area contributed by atoms with Gasteiger partial charge in [-0.3, -0.25) is 14.7 Å². The van der Waals surface area contributed by atoms with Crippen LogP contribution in [0.3, 0.4) is 0 Å². The number of aryl methyl sites for hydroxylation is 1. The molecule has 2 aliphatic rings. The number of nitrogens with one attached hydrogen (secondary N) is 1. The molecule has 1 aromatic heterocycles. The van der Waals surface area contributed by atoms with Crippen LogP contribution in [-0.2, 0) is 17.6 Å². The van der Waals surface area contributed by atoms with Crippen molar-refractivity contribution in [3.63, 3.8) is 0 Å². The standard InChI is InChI=1S/C18H28N4O2/c1-18(2,3)17(24)22-10-6-9-21(11-12-22)16(23)15-13-7-4-5-8-14(13)19-20-15/h4-12H2,1-3H3,(H,19,20). The zero-order valence-electron chi connectivity index (χ0n) is 15.0. The van der Waals surface area contributed by atoms with Gasteiger partial charge in [0.25, 0.3) is 5.91 Å². The molecule has 2 amide bonds. The first-order valence-electron chi connectivity index (χ1n) is 9.02. The first kappa shape index (κ1) is 17.0. The third-order valence-corrected chi connectivity index (χ3v) is 4.97. The Balaban J connectivity index is 1.69. The van der Waals surface area contributed by atoms with Gasteiger partial charge in [0.15, 0.2) is 5.69 Å². The van der Waals surface area contributed by atoms with Gasteiger partial charge in [0.2, 0.25) is 5.91 Å². The van der Waals surface area contributed by atoms with Crippen molar-refractivity contribution in [3.8, 4) is 0 Å². The highest BCUT2D eigenvalue weighted by Crippen LogP contribution is 2.24. The lowest BCUT2D eigenvalue weighted by Crippen LogP contribution is -2.42. The van der Waals surface area contributed by atoms with E-state index in [1.807, 2.05) is 30.6 Å². The Bertz CT molecular complexity index is 629. The zero-order valence-corrected chi connectivity index (χ0v) is 15.0. The largest absolute Gasteiger partial charge is 0.340 e. The maximum Gasteiger partial charge on any atom is 0.274 e. The quantitative estimate of drug-likeness (QED) is 0.855. The van der Waals surface area contributed by atoms with Crippen LogP contribution in [0.2, 0.25) is 0 Å². The van der Waals surface area contributed by atoms with Crippen LogP contribution in [0.15, 0.2) is 0 Å². The van der Waals surface area contributed by atoms with E-state index in [0.29, 0.717) is 25.3 Å². The van der Waals surface area contributed by atoms with Crippen LogP contribution in [0.4, 0.5) is 0 Å². The smallest absolute Gasteiger partial charge is 0.274 e. The number of carbonyl (C=O) groups excluding carboxylic acids is 2. The van der Waals surface area contributed by atoms with Gasteiger partial charge in [-0.15, -0.1) is 0 Å². The number of carbonyl (C=O) groups is 2. The summed E-state index contributed by atoms with van der Waals surface area (Å²) in [5.74, 6) is 0.174. The topological polar surface area (TPSA) is 69.3 Å². The predicted molar refractivity (Wildman–Crippen MR) is 91.8 cm³/mol. The second kappa shape index (κ2) is 6.57. The van der Waals surface area contributed by atoms with Gasteiger partial charge >= 0.3 is 0 Å². The number of aromatic amines is 1. The van der Waals surface area contributed by atoms with Crippen LogP contribution in [0.25, 0.3) is 0 Å². The van der Waals surface area contributed by atoms with Gasteiger partial charge in [-0.2, -0.15) is 5.10 Å². The molecule has 0 unspecified atom stereocenters. The van der Waals surface area contributed by atoms with E-state index in [1.54, 1.807) is 0 Å². The summed E-state index contributed by atoms with van der Waals surface area (Å²) >= 11 is 0. The van der Waals surface area contributed by atoms with Crippen molar-refractivity contribution in [2.45, 2.75) is 52.9 Å². The molecule has 1 aliphatic carbocycles. The number of hydrogen-bond donors (Lipinski definition) is 1. The van der Waals surface area contributed by atoms with Crippen molar-refractivity contribution in [1.82, 2.24) is 20.0 Å². The molecule has 0 bridgehead atoms. The zero-order chi connectivity index (χ0) is 17.3. The summed E-state index contributed by atoms with van der Waals surface area (Å²) in [4.78, 5) is 29.1. The van der Waals surface area contributed by atoms with Gasteiger partial charge in [-0.1, -0.05) is 20.8 Å². The molecule has 24 heavy (non-hydrogen) atoms. The molecule has 1 fully saturated rings. The maximum atomic E-state index is 12.9. The summed E-state index contributed by atoms with van der Waals surface area (Å²) in [5.41, 5.74) is 2.46. The van der Waals surface area contributed by atoms with E-state index in [-0.39, 0.29) is 17.2 Å². The second-order valence-electron chi connectivity index (χ2n) is 7.92. The Morgan fingerprint density at radius 1 is 0.958 bits per heavy atom. The minimum atomic E-state index is -0.375. The average molecular weight is 332 g/mol. The fourth-order valence-corrected chi connectivity index (χ4v) is 3.61. The molecular formula is C18H28N4O2. The molecule has 1 N–H and O–H groups in total. The lowest BCUT2D eigenvalue weighted by Gasteiger charge is -2.28. The molecule has 6 heteroatoms. The molecule has 0 atom stereocenters. The van der Waals surface area contributed by atoms with Crippen LogP contribution >= 0.6 is 0 Å².